The fourth-order valence-electron chi connectivity index (χ4n) is 1.50. The number of amides is 1. The highest BCUT2D eigenvalue weighted by atomic mass is 16.2. The Morgan fingerprint density at radius 3 is 3.08 bits per heavy atom. The van der Waals surface area contributed by atoms with Crippen LogP contribution in [0.1, 0.15) is 6.92 Å². The van der Waals surface area contributed by atoms with Gasteiger partial charge in [0.05, 0.1) is 12.6 Å². The van der Waals surface area contributed by atoms with Gasteiger partial charge < -0.3 is 10.6 Å². The third kappa shape index (κ3) is 2.46. The van der Waals surface area contributed by atoms with E-state index in [9.17, 15) is 4.79 Å². The van der Waals surface area contributed by atoms with Crippen molar-refractivity contribution in [2.24, 2.45) is 0 Å². The molecule has 0 aromatic rings. The SMILES string of the molecule is CCN1CC(=O)NC(CNC)C1. The van der Waals surface area contributed by atoms with Crippen LogP contribution in [0.15, 0.2) is 0 Å². The molecule has 70 valence electrons. The molecule has 1 atom stereocenters. The van der Waals surface area contributed by atoms with E-state index in [-0.39, 0.29) is 11.9 Å². The highest BCUT2D eigenvalue weighted by Crippen LogP contribution is 1.98. The summed E-state index contributed by atoms with van der Waals surface area (Å²) in [5, 5.41) is 6.00. The third-order valence-corrected chi connectivity index (χ3v) is 2.11. The second-order valence-electron chi connectivity index (χ2n) is 3.15. The van der Waals surface area contributed by atoms with Gasteiger partial charge in [0.25, 0.3) is 0 Å². The lowest BCUT2D eigenvalue weighted by atomic mass is 10.2. The van der Waals surface area contributed by atoms with Gasteiger partial charge in [-0.3, -0.25) is 9.69 Å². The van der Waals surface area contributed by atoms with Gasteiger partial charge in [-0.1, -0.05) is 6.92 Å². The van der Waals surface area contributed by atoms with E-state index >= 15 is 0 Å². The van der Waals surface area contributed by atoms with Crippen molar-refractivity contribution in [2.75, 3.05) is 33.2 Å². The summed E-state index contributed by atoms with van der Waals surface area (Å²) in [5.74, 6) is 0.142. The van der Waals surface area contributed by atoms with Gasteiger partial charge in [-0.25, -0.2) is 0 Å². The first-order chi connectivity index (χ1) is 5.76. The summed E-state index contributed by atoms with van der Waals surface area (Å²) in [6.45, 7) is 5.39. The molecule has 1 aliphatic heterocycles. The molecule has 1 saturated heterocycles. The van der Waals surface area contributed by atoms with E-state index < -0.39 is 0 Å². The van der Waals surface area contributed by atoms with Gasteiger partial charge in [0.1, 0.15) is 0 Å². The van der Waals surface area contributed by atoms with Crippen LogP contribution in [0.2, 0.25) is 0 Å². The van der Waals surface area contributed by atoms with Crippen LogP contribution in [-0.2, 0) is 4.79 Å². The first-order valence-corrected chi connectivity index (χ1v) is 4.42. The smallest absolute Gasteiger partial charge is 0.234 e. The lowest BCUT2D eigenvalue weighted by Crippen LogP contribution is -2.56. The Kier molecular flexibility index (Phi) is 3.49. The van der Waals surface area contributed by atoms with Crippen molar-refractivity contribution in [3.8, 4) is 0 Å². The number of nitrogens with zero attached hydrogens (tertiary/aromatic N) is 1. The Balaban J connectivity index is 2.39. The molecule has 12 heavy (non-hydrogen) atoms. The summed E-state index contributed by atoms with van der Waals surface area (Å²) < 4.78 is 0. The predicted octanol–water partition coefficient (Wildman–Crippen LogP) is -0.974. The molecule has 1 amide bonds. The molecular weight excluding hydrogens is 154 g/mol. The van der Waals surface area contributed by atoms with E-state index in [0.29, 0.717) is 6.54 Å². The van der Waals surface area contributed by atoms with Crippen molar-refractivity contribution in [2.45, 2.75) is 13.0 Å². The minimum atomic E-state index is 0.142. The van der Waals surface area contributed by atoms with E-state index in [1.807, 2.05) is 7.05 Å². The van der Waals surface area contributed by atoms with E-state index in [1.165, 1.54) is 0 Å². The number of piperazine rings is 1. The molecule has 0 saturated carbocycles. The summed E-state index contributed by atoms with van der Waals surface area (Å²) >= 11 is 0. The van der Waals surface area contributed by atoms with Crippen molar-refractivity contribution >= 4 is 5.91 Å². The van der Waals surface area contributed by atoms with Crippen molar-refractivity contribution in [3.63, 3.8) is 0 Å². The molecule has 1 aliphatic rings. The molecule has 1 unspecified atom stereocenters. The number of likely N-dealkylation sites (N-methyl/N-ethyl adjacent to an activating group) is 2. The molecule has 4 nitrogen and oxygen atoms in total. The normalized spacial score (nSPS) is 25.5. The number of carbonyl (C=O) groups is 1. The molecule has 4 heteroatoms. The van der Waals surface area contributed by atoms with E-state index in [0.717, 1.165) is 19.6 Å². The van der Waals surface area contributed by atoms with Gasteiger partial charge in [-0.15, -0.1) is 0 Å². The van der Waals surface area contributed by atoms with Crippen LogP contribution >= 0.6 is 0 Å². The Morgan fingerprint density at radius 2 is 2.50 bits per heavy atom. The standard InChI is InChI=1S/C8H17N3O/c1-3-11-5-7(4-9-2)10-8(12)6-11/h7,9H,3-6H2,1-2H3,(H,10,12). The highest BCUT2D eigenvalue weighted by molar-refractivity contribution is 5.79. The monoisotopic (exact) mass is 171 g/mol. The lowest BCUT2D eigenvalue weighted by Gasteiger charge is -2.31. The minimum Gasteiger partial charge on any atom is -0.350 e. The molecule has 0 bridgehead atoms. The number of carbonyl (C=O) groups excluding carboxylic acids is 1. The zero-order chi connectivity index (χ0) is 8.97. The summed E-state index contributed by atoms with van der Waals surface area (Å²) in [5.41, 5.74) is 0. The maximum Gasteiger partial charge on any atom is 0.234 e. The van der Waals surface area contributed by atoms with Gasteiger partial charge in [-0.05, 0) is 13.6 Å². The number of rotatable bonds is 3. The van der Waals surface area contributed by atoms with Crippen LogP contribution in [0.25, 0.3) is 0 Å². The van der Waals surface area contributed by atoms with Gasteiger partial charge in [-0.2, -0.15) is 0 Å². The van der Waals surface area contributed by atoms with E-state index in [2.05, 4.69) is 22.5 Å². The maximum absolute atomic E-state index is 11.1. The van der Waals surface area contributed by atoms with Crippen molar-refractivity contribution in [3.05, 3.63) is 0 Å². The van der Waals surface area contributed by atoms with Crippen molar-refractivity contribution < 1.29 is 4.79 Å². The van der Waals surface area contributed by atoms with Gasteiger partial charge in [0.15, 0.2) is 0 Å². The van der Waals surface area contributed by atoms with Crippen molar-refractivity contribution in [1.82, 2.24) is 15.5 Å². The Hall–Kier alpha value is -0.610. The number of hydrogen-bond donors (Lipinski definition) is 2. The summed E-state index contributed by atoms with van der Waals surface area (Å²) in [7, 11) is 1.90. The zero-order valence-corrected chi connectivity index (χ0v) is 7.76. The fraction of sp³-hybridized carbons (Fsp3) is 0.875. The largest absolute Gasteiger partial charge is 0.350 e. The average molecular weight is 171 g/mol. The molecule has 1 heterocycles. The van der Waals surface area contributed by atoms with Crippen LogP contribution in [-0.4, -0.2) is 50.1 Å². The zero-order valence-electron chi connectivity index (χ0n) is 7.76. The first kappa shape index (κ1) is 9.48. The Morgan fingerprint density at radius 1 is 1.75 bits per heavy atom. The topological polar surface area (TPSA) is 44.4 Å². The van der Waals surface area contributed by atoms with Crippen LogP contribution < -0.4 is 10.6 Å². The molecule has 1 rings (SSSR count). The van der Waals surface area contributed by atoms with E-state index in [1.54, 1.807) is 0 Å². The van der Waals surface area contributed by atoms with Gasteiger partial charge >= 0.3 is 0 Å². The van der Waals surface area contributed by atoms with Crippen LogP contribution in [0.5, 0.6) is 0 Å². The lowest BCUT2D eigenvalue weighted by molar-refractivity contribution is -0.125. The average Bonchev–Trinajstić information content (AvgIpc) is 2.04. The van der Waals surface area contributed by atoms with Gasteiger partial charge in [0.2, 0.25) is 5.91 Å². The quantitative estimate of drug-likeness (QED) is 0.574. The summed E-state index contributed by atoms with van der Waals surface area (Å²) in [6.07, 6.45) is 0. The summed E-state index contributed by atoms with van der Waals surface area (Å²) in [6, 6.07) is 0.274. The Labute approximate surface area is 73.3 Å². The van der Waals surface area contributed by atoms with Gasteiger partial charge in [0, 0.05) is 13.1 Å². The fourth-order valence-corrected chi connectivity index (χ4v) is 1.50. The minimum absolute atomic E-state index is 0.142. The predicted molar refractivity (Wildman–Crippen MR) is 48.0 cm³/mol. The van der Waals surface area contributed by atoms with Crippen LogP contribution in [0.4, 0.5) is 0 Å². The molecule has 0 aromatic heterocycles. The first-order valence-electron chi connectivity index (χ1n) is 4.42. The Bertz CT molecular complexity index is 160. The molecule has 0 spiro atoms. The summed E-state index contributed by atoms with van der Waals surface area (Å²) in [4.78, 5) is 13.3. The molecule has 0 aliphatic carbocycles. The molecule has 2 N–H and O–H groups in total. The number of nitrogens with one attached hydrogen (secondary N) is 2. The van der Waals surface area contributed by atoms with Crippen LogP contribution in [0, 0.1) is 0 Å². The second kappa shape index (κ2) is 4.42. The second-order valence-corrected chi connectivity index (χ2v) is 3.15. The number of hydrogen-bond acceptors (Lipinski definition) is 3. The third-order valence-electron chi connectivity index (χ3n) is 2.11. The van der Waals surface area contributed by atoms with Crippen LogP contribution in [0.3, 0.4) is 0 Å². The van der Waals surface area contributed by atoms with E-state index in [4.69, 9.17) is 0 Å². The molecular formula is C8H17N3O. The molecule has 1 fully saturated rings. The van der Waals surface area contributed by atoms with Crippen molar-refractivity contribution in [1.29, 1.82) is 0 Å². The maximum atomic E-state index is 11.1. The molecule has 0 aromatic carbocycles. The highest BCUT2D eigenvalue weighted by Gasteiger charge is 2.22. The molecule has 0 radical (unpaired) electrons.